The Balaban J connectivity index is 1.71. The van der Waals surface area contributed by atoms with E-state index in [0.29, 0.717) is 12.6 Å². The van der Waals surface area contributed by atoms with E-state index in [1.54, 1.807) is 0 Å². The van der Waals surface area contributed by atoms with Crippen LogP contribution in [-0.2, 0) is 0 Å². The van der Waals surface area contributed by atoms with Crippen LogP contribution in [0.5, 0.6) is 5.75 Å². The molecule has 1 heterocycles. The number of aryl methyl sites for hydroxylation is 1. The maximum absolute atomic E-state index is 5.48. The minimum absolute atomic E-state index is 0.552. The highest BCUT2D eigenvalue weighted by Gasteiger charge is 2.06. The Morgan fingerprint density at radius 1 is 0.828 bits per heavy atom. The number of nitrogens with zero attached hydrogens (tertiary/aromatic N) is 3. The predicted molar refractivity (Wildman–Crippen MR) is 121 cm³/mol. The number of ether oxygens (including phenoxy) is 1. The summed E-state index contributed by atoms with van der Waals surface area (Å²) in [6, 6.07) is 18.1. The SMILES string of the molecule is CCOc1ccc(Nc2nc(C)cc(Nc3ccc(N(CC)CC)cc3)n2)cc1. The summed E-state index contributed by atoms with van der Waals surface area (Å²) in [4.78, 5) is 11.4. The average molecular weight is 392 g/mol. The quantitative estimate of drug-likeness (QED) is 0.501. The second-order valence-electron chi connectivity index (χ2n) is 6.64. The molecule has 0 saturated heterocycles. The van der Waals surface area contributed by atoms with Crippen LogP contribution in [0.4, 0.5) is 28.8 Å². The van der Waals surface area contributed by atoms with Crippen molar-refractivity contribution in [3.63, 3.8) is 0 Å². The van der Waals surface area contributed by atoms with Crippen molar-refractivity contribution < 1.29 is 4.74 Å². The molecule has 0 aliphatic carbocycles. The third kappa shape index (κ3) is 5.60. The maximum Gasteiger partial charge on any atom is 0.229 e. The molecule has 29 heavy (non-hydrogen) atoms. The molecule has 0 spiro atoms. The van der Waals surface area contributed by atoms with Crippen LogP contribution < -0.4 is 20.3 Å². The molecule has 6 heteroatoms. The molecule has 152 valence electrons. The van der Waals surface area contributed by atoms with E-state index in [2.05, 4.69) is 63.6 Å². The van der Waals surface area contributed by atoms with E-state index in [1.165, 1.54) is 5.69 Å². The Morgan fingerprint density at radius 2 is 1.45 bits per heavy atom. The van der Waals surface area contributed by atoms with Gasteiger partial charge >= 0.3 is 0 Å². The summed E-state index contributed by atoms with van der Waals surface area (Å²) in [7, 11) is 0. The summed E-state index contributed by atoms with van der Waals surface area (Å²) < 4.78 is 5.48. The van der Waals surface area contributed by atoms with E-state index >= 15 is 0 Å². The minimum Gasteiger partial charge on any atom is -0.494 e. The lowest BCUT2D eigenvalue weighted by Gasteiger charge is -2.21. The molecule has 0 amide bonds. The summed E-state index contributed by atoms with van der Waals surface area (Å²) >= 11 is 0. The zero-order valence-electron chi connectivity index (χ0n) is 17.6. The van der Waals surface area contributed by atoms with Gasteiger partial charge in [-0.3, -0.25) is 0 Å². The zero-order valence-corrected chi connectivity index (χ0v) is 17.6. The molecule has 0 fully saturated rings. The highest BCUT2D eigenvalue weighted by atomic mass is 16.5. The molecule has 2 N–H and O–H groups in total. The highest BCUT2D eigenvalue weighted by Crippen LogP contribution is 2.23. The fourth-order valence-corrected chi connectivity index (χ4v) is 3.11. The van der Waals surface area contributed by atoms with Crippen LogP contribution in [0.3, 0.4) is 0 Å². The molecule has 3 rings (SSSR count). The molecule has 0 saturated carbocycles. The van der Waals surface area contributed by atoms with Gasteiger partial charge in [0.1, 0.15) is 11.6 Å². The monoisotopic (exact) mass is 391 g/mol. The second kappa shape index (κ2) is 9.78. The smallest absolute Gasteiger partial charge is 0.229 e. The number of benzene rings is 2. The van der Waals surface area contributed by atoms with E-state index in [1.807, 2.05) is 44.2 Å². The van der Waals surface area contributed by atoms with Crippen molar-refractivity contribution in [1.29, 1.82) is 0 Å². The van der Waals surface area contributed by atoms with E-state index in [0.717, 1.165) is 41.7 Å². The van der Waals surface area contributed by atoms with Crippen molar-refractivity contribution in [2.45, 2.75) is 27.7 Å². The highest BCUT2D eigenvalue weighted by molar-refractivity contribution is 5.63. The second-order valence-corrected chi connectivity index (χ2v) is 6.64. The van der Waals surface area contributed by atoms with Gasteiger partial charge in [-0.2, -0.15) is 4.98 Å². The van der Waals surface area contributed by atoms with Crippen molar-refractivity contribution in [2.24, 2.45) is 0 Å². The first-order valence-corrected chi connectivity index (χ1v) is 10.1. The largest absolute Gasteiger partial charge is 0.494 e. The van der Waals surface area contributed by atoms with Gasteiger partial charge in [0.05, 0.1) is 6.61 Å². The van der Waals surface area contributed by atoms with Gasteiger partial charge in [0, 0.05) is 41.9 Å². The average Bonchev–Trinajstić information content (AvgIpc) is 2.71. The lowest BCUT2D eigenvalue weighted by molar-refractivity contribution is 0.340. The lowest BCUT2D eigenvalue weighted by atomic mass is 10.2. The van der Waals surface area contributed by atoms with Crippen molar-refractivity contribution in [3.8, 4) is 5.75 Å². The fraction of sp³-hybridized carbons (Fsp3) is 0.304. The Morgan fingerprint density at radius 3 is 2.07 bits per heavy atom. The molecule has 2 aromatic carbocycles. The first-order chi connectivity index (χ1) is 14.1. The molecule has 3 aromatic rings. The molecule has 0 unspecified atom stereocenters. The number of aromatic nitrogens is 2. The maximum atomic E-state index is 5.48. The predicted octanol–water partition coefficient (Wildman–Crippen LogP) is 5.52. The Hall–Kier alpha value is -3.28. The van der Waals surface area contributed by atoms with Crippen LogP contribution in [0.25, 0.3) is 0 Å². The topological polar surface area (TPSA) is 62.3 Å². The molecular weight excluding hydrogens is 362 g/mol. The number of nitrogens with one attached hydrogen (secondary N) is 2. The normalized spacial score (nSPS) is 10.5. The van der Waals surface area contributed by atoms with E-state index < -0.39 is 0 Å². The Kier molecular flexibility index (Phi) is 6.89. The van der Waals surface area contributed by atoms with Crippen LogP contribution in [0.1, 0.15) is 26.5 Å². The summed E-state index contributed by atoms with van der Waals surface area (Å²) in [5, 5.41) is 6.62. The van der Waals surface area contributed by atoms with Gasteiger partial charge in [0.15, 0.2) is 0 Å². The van der Waals surface area contributed by atoms with Crippen LogP contribution in [0, 0.1) is 6.92 Å². The van der Waals surface area contributed by atoms with Crippen molar-refractivity contribution in [1.82, 2.24) is 9.97 Å². The molecule has 1 aromatic heterocycles. The lowest BCUT2D eigenvalue weighted by Crippen LogP contribution is -2.21. The van der Waals surface area contributed by atoms with Gasteiger partial charge in [-0.05, 0) is 76.2 Å². The Labute approximate surface area is 173 Å². The van der Waals surface area contributed by atoms with Crippen molar-refractivity contribution in [3.05, 3.63) is 60.3 Å². The molecule has 0 radical (unpaired) electrons. The van der Waals surface area contributed by atoms with Gasteiger partial charge in [-0.1, -0.05) is 0 Å². The third-order valence-corrected chi connectivity index (χ3v) is 4.54. The van der Waals surface area contributed by atoms with Gasteiger partial charge in [-0.25, -0.2) is 4.98 Å². The van der Waals surface area contributed by atoms with Gasteiger partial charge in [0.2, 0.25) is 5.95 Å². The number of hydrogen-bond donors (Lipinski definition) is 2. The first-order valence-electron chi connectivity index (χ1n) is 10.1. The first kappa shape index (κ1) is 20.5. The molecule has 6 nitrogen and oxygen atoms in total. The van der Waals surface area contributed by atoms with E-state index in [9.17, 15) is 0 Å². The van der Waals surface area contributed by atoms with Gasteiger partial charge in [0.25, 0.3) is 0 Å². The fourth-order valence-electron chi connectivity index (χ4n) is 3.11. The summed E-state index contributed by atoms with van der Waals surface area (Å²) in [5.41, 5.74) is 4.01. The van der Waals surface area contributed by atoms with Gasteiger partial charge in [-0.15, -0.1) is 0 Å². The molecule has 0 aliphatic rings. The standard InChI is InChI=1S/C23H29N5O/c1-5-28(6-2)20-12-8-18(9-13-20)25-22-16-17(4)24-23(27-22)26-19-10-14-21(15-11-19)29-7-3/h8-16H,5-7H2,1-4H3,(H2,24,25,26,27). The summed E-state index contributed by atoms with van der Waals surface area (Å²) in [6.07, 6.45) is 0. The molecule has 0 bridgehead atoms. The molecule has 0 aliphatic heterocycles. The van der Waals surface area contributed by atoms with Crippen LogP contribution >= 0.6 is 0 Å². The zero-order chi connectivity index (χ0) is 20.6. The summed E-state index contributed by atoms with van der Waals surface area (Å²) in [6.45, 7) is 10.9. The Bertz CT molecular complexity index is 906. The number of hydrogen-bond acceptors (Lipinski definition) is 6. The van der Waals surface area contributed by atoms with E-state index in [4.69, 9.17) is 4.74 Å². The van der Waals surface area contributed by atoms with Crippen molar-refractivity contribution >= 4 is 28.8 Å². The van der Waals surface area contributed by atoms with E-state index in [-0.39, 0.29) is 0 Å². The molecule has 0 atom stereocenters. The van der Waals surface area contributed by atoms with Crippen LogP contribution in [0.2, 0.25) is 0 Å². The minimum atomic E-state index is 0.552. The third-order valence-electron chi connectivity index (χ3n) is 4.54. The number of rotatable bonds is 9. The van der Waals surface area contributed by atoms with Crippen LogP contribution in [0.15, 0.2) is 54.6 Å². The van der Waals surface area contributed by atoms with Crippen molar-refractivity contribution in [2.75, 3.05) is 35.2 Å². The van der Waals surface area contributed by atoms with Gasteiger partial charge < -0.3 is 20.3 Å². The van der Waals surface area contributed by atoms with Crippen LogP contribution in [-0.4, -0.2) is 29.7 Å². The molecular formula is C23H29N5O. The summed E-state index contributed by atoms with van der Waals surface area (Å²) in [5.74, 6) is 2.15. The number of anilines is 5.